The predicted molar refractivity (Wildman–Crippen MR) is 116 cm³/mol. The van der Waals surface area contributed by atoms with Gasteiger partial charge in [-0.25, -0.2) is 0 Å². The molecule has 1 aromatic heterocycles. The van der Waals surface area contributed by atoms with Crippen molar-refractivity contribution in [1.29, 1.82) is 0 Å². The lowest BCUT2D eigenvalue weighted by Crippen LogP contribution is -2.29. The molecule has 4 aromatic rings. The quantitative estimate of drug-likeness (QED) is 0.468. The average molecular weight is 383 g/mol. The van der Waals surface area contributed by atoms with E-state index in [1.165, 1.54) is 16.3 Å². The molecule has 0 bridgehead atoms. The lowest BCUT2D eigenvalue weighted by Gasteiger charge is -2.21. The molecule has 4 heteroatoms. The number of benzene rings is 3. The summed E-state index contributed by atoms with van der Waals surface area (Å²) >= 11 is 0. The van der Waals surface area contributed by atoms with Gasteiger partial charge in [-0.2, -0.15) is 4.98 Å². The zero-order valence-electron chi connectivity index (χ0n) is 16.6. The molecule has 4 nitrogen and oxygen atoms in total. The van der Waals surface area contributed by atoms with Gasteiger partial charge >= 0.3 is 0 Å². The Kier molecular flexibility index (Phi) is 4.86. The molecule has 0 aliphatic heterocycles. The maximum atomic E-state index is 5.61. The Morgan fingerprint density at radius 2 is 1.72 bits per heavy atom. The van der Waals surface area contributed by atoms with Crippen molar-refractivity contribution in [3.8, 4) is 11.4 Å². The van der Waals surface area contributed by atoms with E-state index in [9.17, 15) is 0 Å². The molecular formula is C25H25N3O. The van der Waals surface area contributed by atoms with Gasteiger partial charge in [-0.3, -0.25) is 0 Å². The van der Waals surface area contributed by atoms with Crippen molar-refractivity contribution in [2.75, 3.05) is 0 Å². The van der Waals surface area contributed by atoms with Crippen molar-refractivity contribution < 1.29 is 4.52 Å². The molecule has 1 aliphatic rings. The summed E-state index contributed by atoms with van der Waals surface area (Å²) in [5.74, 6) is 1.78. The molecule has 3 atom stereocenters. The number of aromatic nitrogens is 2. The Morgan fingerprint density at radius 3 is 2.62 bits per heavy atom. The Balaban J connectivity index is 1.27. The second-order valence-corrected chi connectivity index (χ2v) is 7.99. The number of hydrogen-bond donors (Lipinski definition) is 1. The molecular weight excluding hydrogens is 358 g/mol. The van der Waals surface area contributed by atoms with Crippen molar-refractivity contribution in [3.63, 3.8) is 0 Å². The zero-order valence-corrected chi connectivity index (χ0v) is 16.6. The lowest BCUT2D eigenvalue weighted by atomic mass is 9.99. The molecule has 3 unspecified atom stereocenters. The minimum Gasteiger partial charge on any atom is -0.339 e. The van der Waals surface area contributed by atoms with Crippen LogP contribution in [0.2, 0.25) is 0 Å². The lowest BCUT2D eigenvalue weighted by molar-refractivity contribution is 0.350. The normalized spacial score (nSPS) is 20.2. The van der Waals surface area contributed by atoms with E-state index >= 15 is 0 Å². The average Bonchev–Trinajstić information content (AvgIpc) is 3.43. The molecule has 1 heterocycles. The Bertz CT molecular complexity index is 1100. The summed E-state index contributed by atoms with van der Waals surface area (Å²) in [5.41, 5.74) is 2.36. The second kappa shape index (κ2) is 7.80. The highest BCUT2D eigenvalue weighted by molar-refractivity contribution is 5.86. The van der Waals surface area contributed by atoms with Crippen LogP contribution in [0.25, 0.3) is 22.2 Å². The van der Waals surface area contributed by atoms with Gasteiger partial charge in [0.1, 0.15) is 0 Å². The molecule has 1 saturated carbocycles. The first kappa shape index (κ1) is 18.1. The van der Waals surface area contributed by atoms with Gasteiger partial charge in [0, 0.05) is 23.6 Å². The topological polar surface area (TPSA) is 51.0 Å². The third-order valence-electron chi connectivity index (χ3n) is 6.03. The van der Waals surface area contributed by atoms with Crippen LogP contribution in [0.1, 0.15) is 49.6 Å². The number of nitrogens with one attached hydrogen (secondary N) is 1. The van der Waals surface area contributed by atoms with Gasteiger partial charge in [-0.15, -0.1) is 0 Å². The largest absolute Gasteiger partial charge is 0.339 e. The van der Waals surface area contributed by atoms with Gasteiger partial charge in [0.2, 0.25) is 11.7 Å². The molecule has 1 N–H and O–H groups in total. The van der Waals surface area contributed by atoms with Gasteiger partial charge in [0.25, 0.3) is 0 Å². The van der Waals surface area contributed by atoms with E-state index in [0.29, 0.717) is 23.8 Å². The molecule has 0 amide bonds. The van der Waals surface area contributed by atoms with Gasteiger partial charge in [-0.1, -0.05) is 78.0 Å². The van der Waals surface area contributed by atoms with Crippen LogP contribution in [0.3, 0.4) is 0 Å². The van der Waals surface area contributed by atoms with Gasteiger partial charge < -0.3 is 9.84 Å². The summed E-state index contributed by atoms with van der Waals surface area (Å²) in [6, 6.07) is 25.9. The SMILES string of the molecule is CC(NC1CCC(c2nc(-c3ccccc3)no2)C1)c1cccc2ccccc12. The molecule has 1 fully saturated rings. The standard InChI is InChI=1S/C25H25N3O/c1-17(22-13-7-11-18-8-5-6-12-23(18)22)26-21-15-14-20(16-21)25-27-24(28-29-25)19-9-3-2-4-10-19/h2-13,17,20-21,26H,14-16H2,1H3. The molecule has 146 valence electrons. The fraction of sp³-hybridized carbons (Fsp3) is 0.280. The highest BCUT2D eigenvalue weighted by Crippen LogP contribution is 2.36. The highest BCUT2D eigenvalue weighted by atomic mass is 16.5. The van der Waals surface area contributed by atoms with Gasteiger partial charge in [0.05, 0.1) is 0 Å². The second-order valence-electron chi connectivity index (χ2n) is 7.99. The minimum atomic E-state index is 0.299. The molecule has 0 saturated heterocycles. The Hall–Kier alpha value is -2.98. The first-order valence-electron chi connectivity index (χ1n) is 10.4. The first-order valence-corrected chi connectivity index (χ1v) is 10.4. The van der Waals surface area contributed by atoms with Crippen LogP contribution in [-0.2, 0) is 0 Å². The fourth-order valence-corrected chi connectivity index (χ4v) is 4.53. The van der Waals surface area contributed by atoms with E-state index in [4.69, 9.17) is 4.52 Å². The van der Waals surface area contributed by atoms with E-state index in [-0.39, 0.29) is 0 Å². The van der Waals surface area contributed by atoms with E-state index in [0.717, 1.165) is 30.7 Å². The summed E-state index contributed by atoms with van der Waals surface area (Å²) in [6.07, 6.45) is 3.24. The molecule has 3 aromatic carbocycles. The van der Waals surface area contributed by atoms with Gasteiger partial charge in [-0.05, 0) is 42.5 Å². The fourth-order valence-electron chi connectivity index (χ4n) is 4.53. The highest BCUT2D eigenvalue weighted by Gasteiger charge is 2.31. The summed E-state index contributed by atoms with van der Waals surface area (Å²) in [7, 11) is 0. The van der Waals surface area contributed by atoms with E-state index in [1.807, 2.05) is 30.3 Å². The predicted octanol–water partition coefficient (Wildman–Crippen LogP) is 5.88. The zero-order chi connectivity index (χ0) is 19.6. The van der Waals surface area contributed by atoms with E-state index in [1.54, 1.807) is 0 Å². The summed E-state index contributed by atoms with van der Waals surface area (Å²) < 4.78 is 5.61. The van der Waals surface area contributed by atoms with Crippen molar-refractivity contribution in [1.82, 2.24) is 15.5 Å². The number of hydrogen-bond acceptors (Lipinski definition) is 4. The van der Waals surface area contributed by atoms with Crippen molar-refractivity contribution >= 4 is 10.8 Å². The number of fused-ring (bicyclic) bond motifs is 1. The third kappa shape index (κ3) is 3.68. The van der Waals surface area contributed by atoms with Crippen LogP contribution < -0.4 is 5.32 Å². The van der Waals surface area contributed by atoms with E-state index < -0.39 is 0 Å². The first-order chi connectivity index (χ1) is 14.3. The Morgan fingerprint density at radius 1 is 0.931 bits per heavy atom. The number of rotatable bonds is 5. The smallest absolute Gasteiger partial charge is 0.230 e. The third-order valence-corrected chi connectivity index (χ3v) is 6.03. The molecule has 0 spiro atoms. The Labute approximate surface area is 171 Å². The maximum Gasteiger partial charge on any atom is 0.230 e. The maximum absolute atomic E-state index is 5.61. The van der Waals surface area contributed by atoms with E-state index in [2.05, 4.69) is 64.8 Å². The van der Waals surface area contributed by atoms with Crippen LogP contribution in [0.5, 0.6) is 0 Å². The van der Waals surface area contributed by atoms with Crippen LogP contribution in [0, 0.1) is 0 Å². The summed E-state index contributed by atoms with van der Waals surface area (Å²) in [6.45, 7) is 2.26. The number of nitrogens with zero attached hydrogens (tertiary/aromatic N) is 2. The minimum absolute atomic E-state index is 0.299. The van der Waals surface area contributed by atoms with Crippen LogP contribution >= 0.6 is 0 Å². The van der Waals surface area contributed by atoms with Crippen LogP contribution in [0.15, 0.2) is 77.3 Å². The van der Waals surface area contributed by atoms with Crippen LogP contribution in [-0.4, -0.2) is 16.2 Å². The molecule has 29 heavy (non-hydrogen) atoms. The molecule has 5 rings (SSSR count). The summed E-state index contributed by atoms with van der Waals surface area (Å²) in [4.78, 5) is 4.67. The van der Waals surface area contributed by atoms with Crippen molar-refractivity contribution in [2.45, 2.75) is 44.2 Å². The van der Waals surface area contributed by atoms with Crippen molar-refractivity contribution in [2.24, 2.45) is 0 Å². The van der Waals surface area contributed by atoms with Gasteiger partial charge in [0.15, 0.2) is 0 Å². The molecule has 1 aliphatic carbocycles. The van der Waals surface area contributed by atoms with Crippen molar-refractivity contribution in [3.05, 3.63) is 84.3 Å². The van der Waals surface area contributed by atoms with Crippen LogP contribution in [0.4, 0.5) is 0 Å². The summed E-state index contributed by atoms with van der Waals surface area (Å²) in [5, 5.41) is 10.6. The molecule has 0 radical (unpaired) electrons. The monoisotopic (exact) mass is 383 g/mol.